The Kier molecular flexibility index (Phi) is 2.57. The zero-order valence-corrected chi connectivity index (χ0v) is 7.90. The van der Waals surface area contributed by atoms with E-state index in [9.17, 15) is 0 Å². The number of rotatable bonds is 4. The second-order valence-corrected chi connectivity index (χ2v) is 3.46. The lowest BCUT2D eigenvalue weighted by Gasteiger charge is -2.02. The van der Waals surface area contributed by atoms with Gasteiger partial charge in [0.05, 0.1) is 5.69 Å². The van der Waals surface area contributed by atoms with E-state index in [0.717, 1.165) is 19.1 Å². The number of nitrogens with zero attached hydrogens (tertiary/aromatic N) is 2. The third-order valence-corrected chi connectivity index (χ3v) is 2.36. The fraction of sp³-hybridized carbons (Fsp3) is 0.500. The molecule has 70 valence electrons. The molecule has 2 atom stereocenters. The lowest BCUT2D eigenvalue weighted by Crippen LogP contribution is -2.17. The Hall–Kier alpha value is -0.930. The molecule has 2 heterocycles. The van der Waals surface area contributed by atoms with Crippen molar-refractivity contribution in [1.82, 2.24) is 15.2 Å². The average Bonchev–Trinajstić information content (AvgIpc) is 2.86. The molecule has 0 spiro atoms. The summed E-state index contributed by atoms with van der Waals surface area (Å²) in [5, 5.41) is 3.18. The van der Waals surface area contributed by atoms with Crippen molar-refractivity contribution in [2.75, 3.05) is 20.1 Å². The normalized spacial score (nSPS) is 25.9. The fourth-order valence-corrected chi connectivity index (χ4v) is 1.55. The first-order chi connectivity index (χ1) is 6.40. The predicted octanol–water partition coefficient (Wildman–Crippen LogP) is 0.485. The van der Waals surface area contributed by atoms with Crippen LogP contribution in [0.4, 0.5) is 0 Å². The Morgan fingerprint density at radius 2 is 2.54 bits per heavy atom. The molecular weight excluding hydrogens is 162 g/mol. The van der Waals surface area contributed by atoms with Gasteiger partial charge in [0.2, 0.25) is 0 Å². The smallest absolute Gasteiger partial charge is 0.0544 e. The van der Waals surface area contributed by atoms with E-state index in [2.05, 4.69) is 21.3 Å². The molecule has 1 fully saturated rings. The topological polar surface area (TPSA) is 27.9 Å². The van der Waals surface area contributed by atoms with Gasteiger partial charge in [-0.3, -0.25) is 9.88 Å². The van der Waals surface area contributed by atoms with Crippen molar-refractivity contribution in [2.24, 2.45) is 0 Å². The van der Waals surface area contributed by atoms with E-state index < -0.39 is 0 Å². The molecule has 13 heavy (non-hydrogen) atoms. The molecule has 1 aromatic rings. The van der Waals surface area contributed by atoms with Gasteiger partial charge in [-0.15, -0.1) is 0 Å². The van der Waals surface area contributed by atoms with E-state index in [1.807, 2.05) is 25.4 Å². The number of likely N-dealkylation sites (N-methyl/N-ethyl adjacent to an activating group) is 1. The van der Waals surface area contributed by atoms with Gasteiger partial charge in [-0.05, 0) is 19.2 Å². The monoisotopic (exact) mass is 177 g/mol. The van der Waals surface area contributed by atoms with Crippen LogP contribution >= 0.6 is 0 Å². The number of nitrogens with one attached hydrogen (secondary N) is 1. The van der Waals surface area contributed by atoms with Gasteiger partial charge in [-0.25, -0.2) is 0 Å². The molecule has 0 amide bonds. The van der Waals surface area contributed by atoms with E-state index >= 15 is 0 Å². The maximum atomic E-state index is 4.29. The van der Waals surface area contributed by atoms with E-state index in [1.54, 1.807) is 0 Å². The first-order valence-corrected chi connectivity index (χ1v) is 4.68. The summed E-state index contributed by atoms with van der Waals surface area (Å²) in [5.41, 5.74) is 1.17. The maximum Gasteiger partial charge on any atom is 0.0544 e. The lowest BCUT2D eigenvalue weighted by atomic mass is 10.3. The van der Waals surface area contributed by atoms with Crippen LogP contribution in [0, 0.1) is 0 Å². The van der Waals surface area contributed by atoms with Gasteiger partial charge in [-0.2, -0.15) is 0 Å². The zero-order chi connectivity index (χ0) is 9.10. The van der Waals surface area contributed by atoms with Crippen LogP contribution in [-0.2, 0) is 6.54 Å². The molecule has 0 radical (unpaired) electrons. The highest BCUT2D eigenvalue weighted by Gasteiger charge is 2.32. The van der Waals surface area contributed by atoms with E-state index in [-0.39, 0.29) is 0 Å². The first-order valence-electron chi connectivity index (χ1n) is 4.68. The Morgan fingerprint density at radius 1 is 1.62 bits per heavy atom. The van der Waals surface area contributed by atoms with Crippen LogP contribution < -0.4 is 5.32 Å². The highest BCUT2D eigenvalue weighted by Crippen LogP contribution is 2.18. The maximum absolute atomic E-state index is 4.29. The predicted molar refractivity (Wildman–Crippen MR) is 52.4 cm³/mol. The lowest BCUT2D eigenvalue weighted by molar-refractivity contribution is 0.485. The Labute approximate surface area is 78.8 Å². The minimum atomic E-state index is 0.729. The molecule has 1 aliphatic rings. The summed E-state index contributed by atoms with van der Waals surface area (Å²) in [4.78, 5) is 6.71. The van der Waals surface area contributed by atoms with Crippen molar-refractivity contribution >= 4 is 0 Å². The fourth-order valence-electron chi connectivity index (χ4n) is 1.55. The molecule has 1 aliphatic heterocycles. The largest absolute Gasteiger partial charge is 0.318 e. The highest BCUT2D eigenvalue weighted by atomic mass is 15.3. The van der Waals surface area contributed by atoms with Gasteiger partial charge < -0.3 is 5.32 Å². The Bertz CT molecular complexity index is 260. The van der Waals surface area contributed by atoms with Gasteiger partial charge >= 0.3 is 0 Å². The molecule has 0 bridgehead atoms. The van der Waals surface area contributed by atoms with Gasteiger partial charge in [-0.1, -0.05) is 6.07 Å². The molecule has 3 nitrogen and oxygen atoms in total. The number of pyridine rings is 1. The van der Waals surface area contributed by atoms with Crippen molar-refractivity contribution < 1.29 is 0 Å². The van der Waals surface area contributed by atoms with Crippen molar-refractivity contribution in [3.63, 3.8) is 0 Å². The Balaban J connectivity index is 1.81. The van der Waals surface area contributed by atoms with Crippen LogP contribution in [0.15, 0.2) is 24.4 Å². The van der Waals surface area contributed by atoms with Crippen LogP contribution in [0.5, 0.6) is 0 Å². The van der Waals surface area contributed by atoms with Crippen molar-refractivity contribution in [3.8, 4) is 0 Å². The van der Waals surface area contributed by atoms with Crippen molar-refractivity contribution in [1.29, 1.82) is 0 Å². The molecule has 1 saturated heterocycles. The summed E-state index contributed by atoms with van der Waals surface area (Å²) in [6.45, 7) is 3.29. The standard InChI is InChI=1S/C10H15N3/c1-11-6-10-8-13(10)7-9-4-2-3-5-12-9/h2-5,10-11H,6-8H2,1H3. The van der Waals surface area contributed by atoms with Crippen LogP contribution in [0.1, 0.15) is 5.69 Å². The quantitative estimate of drug-likeness (QED) is 0.678. The third kappa shape index (κ3) is 2.26. The molecule has 0 aromatic carbocycles. The summed E-state index contributed by atoms with van der Waals surface area (Å²) in [5.74, 6) is 0. The summed E-state index contributed by atoms with van der Waals surface area (Å²) >= 11 is 0. The molecule has 1 N–H and O–H groups in total. The van der Waals surface area contributed by atoms with Crippen LogP contribution in [-0.4, -0.2) is 36.1 Å². The van der Waals surface area contributed by atoms with E-state index in [0.29, 0.717) is 0 Å². The van der Waals surface area contributed by atoms with Gasteiger partial charge in [0, 0.05) is 31.9 Å². The molecule has 2 rings (SSSR count). The van der Waals surface area contributed by atoms with Crippen LogP contribution in [0.25, 0.3) is 0 Å². The van der Waals surface area contributed by atoms with Crippen LogP contribution in [0.3, 0.4) is 0 Å². The SMILES string of the molecule is CNCC1CN1Cc1ccccn1. The second-order valence-electron chi connectivity index (χ2n) is 3.46. The van der Waals surface area contributed by atoms with Gasteiger partial charge in [0.1, 0.15) is 0 Å². The average molecular weight is 177 g/mol. The van der Waals surface area contributed by atoms with E-state index in [1.165, 1.54) is 12.2 Å². The summed E-state index contributed by atoms with van der Waals surface area (Å²) in [7, 11) is 2.00. The van der Waals surface area contributed by atoms with E-state index in [4.69, 9.17) is 0 Å². The molecule has 2 unspecified atom stereocenters. The summed E-state index contributed by atoms with van der Waals surface area (Å²) in [6.07, 6.45) is 1.85. The molecule has 3 heteroatoms. The minimum Gasteiger partial charge on any atom is -0.318 e. The third-order valence-electron chi connectivity index (χ3n) is 2.36. The zero-order valence-electron chi connectivity index (χ0n) is 7.90. The number of aromatic nitrogens is 1. The number of hydrogen-bond acceptors (Lipinski definition) is 3. The molecule has 1 aromatic heterocycles. The van der Waals surface area contributed by atoms with Crippen LogP contribution in [0.2, 0.25) is 0 Å². The molecule has 0 aliphatic carbocycles. The molecular formula is C10H15N3. The minimum absolute atomic E-state index is 0.729. The van der Waals surface area contributed by atoms with Gasteiger partial charge in [0.25, 0.3) is 0 Å². The van der Waals surface area contributed by atoms with Crippen molar-refractivity contribution in [3.05, 3.63) is 30.1 Å². The highest BCUT2D eigenvalue weighted by molar-refractivity contribution is 5.06. The number of hydrogen-bond donors (Lipinski definition) is 1. The summed E-state index contributed by atoms with van der Waals surface area (Å²) in [6, 6.07) is 6.80. The second kappa shape index (κ2) is 3.85. The first kappa shape index (κ1) is 8.66. The van der Waals surface area contributed by atoms with Crippen molar-refractivity contribution in [2.45, 2.75) is 12.6 Å². The van der Waals surface area contributed by atoms with Gasteiger partial charge in [0.15, 0.2) is 0 Å². The summed E-state index contributed by atoms with van der Waals surface area (Å²) < 4.78 is 0. The molecule has 0 saturated carbocycles. The Morgan fingerprint density at radius 3 is 3.23 bits per heavy atom.